The number of aryl methyl sites for hydroxylation is 1. The topological polar surface area (TPSA) is 0 Å². The van der Waals surface area contributed by atoms with E-state index in [1.165, 1.54) is 42.8 Å². The monoisotopic (exact) mass is 282 g/mol. The van der Waals surface area contributed by atoms with E-state index in [-0.39, 0.29) is 0 Å². The van der Waals surface area contributed by atoms with E-state index in [2.05, 4.69) is 74.6 Å². The molecule has 1 aromatic rings. The van der Waals surface area contributed by atoms with Gasteiger partial charge in [-0.1, -0.05) is 44.2 Å². The molecule has 0 spiro atoms. The standard InChI is InChI=1S/C16H26S2/c1-4-13-17-16(3,18-14-5-2)12-11-15-9-7-6-8-10-15/h6-10H,4-5,11-14H2,1-3H3. The molecule has 0 aliphatic rings. The Balaban J connectivity index is 2.49. The average molecular weight is 283 g/mol. The minimum atomic E-state index is 0.391. The van der Waals surface area contributed by atoms with Crippen molar-refractivity contribution in [1.82, 2.24) is 0 Å². The second-order valence-corrected chi connectivity index (χ2v) is 8.27. The van der Waals surface area contributed by atoms with Crippen molar-refractivity contribution in [3.63, 3.8) is 0 Å². The fraction of sp³-hybridized carbons (Fsp3) is 0.625. The summed E-state index contributed by atoms with van der Waals surface area (Å²) in [6.07, 6.45) is 5.02. The molecular weight excluding hydrogens is 256 g/mol. The van der Waals surface area contributed by atoms with E-state index in [4.69, 9.17) is 0 Å². The molecule has 0 aromatic heterocycles. The van der Waals surface area contributed by atoms with Crippen molar-refractivity contribution in [2.24, 2.45) is 0 Å². The summed E-state index contributed by atoms with van der Waals surface area (Å²) in [5, 5.41) is 0. The van der Waals surface area contributed by atoms with Gasteiger partial charge in [0.05, 0.1) is 4.08 Å². The molecule has 0 fully saturated rings. The number of rotatable bonds is 9. The lowest BCUT2D eigenvalue weighted by Crippen LogP contribution is -2.18. The van der Waals surface area contributed by atoms with Crippen molar-refractivity contribution in [3.05, 3.63) is 35.9 Å². The van der Waals surface area contributed by atoms with Crippen LogP contribution in [0.15, 0.2) is 30.3 Å². The molecule has 0 nitrogen and oxygen atoms in total. The van der Waals surface area contributed by atoms with E-state index >= 15 is 0 Å². The SMILES string of the molecule is CCCSC(C)(CCc1ccccc1)SCCC. The van der Waals surface area contributed by atoms with Crippen LogP contribution in [0.2, 0.25) is 0 Å². The molecule has 0 heterocycles. The van der Waals surface area contributed by atoms with E-state index in [1.54, 1.807) is 0 Å². The Labute approximate surface area is 121 Å². The van der Waals surface area contributed by atoms with Gasteiger partial charge in [0.2, 0.25) is 0 Å². The lowest BCUT2D eigenvalue weighted by atomic mass is 10.1. The molecule has 0 unspecified atom stereocenters. The molecule has 2 heteroatoms. The predicted molar refractivity (Wildman–Crippen MR) is 88.7 cm³/mol. The van der Waals surface area contributed by atoms with Crippen LogP contribution in [0.4, 0.5) is 0 Å². The third kappa shape index (κ3) is 6.19. The Morgan fingerprint density at radius 2 is 1.50 bits per heavy atom. The normalized spacial score (nSPS) is 11.7. The maximum atomic E-state index is 2.43. The molecule has 0 saturated heterocycles. The minimum absolute atomic E-state index is 0.391. The maximum Gasteiger partial charge on any atom is 0.0586 e. The van der Waals surface area contributed by atoms with Crippen LogP contribution in [0.3, 0.4) is 0 Å². The quantitative estimate of drug-likeness (QED) is 0.539. The zero-order valence-corrected chi connectivity index (χ0v) is 13.6. The summed E-state index contributed by atoms with van der Waals surface area (Å²) in [4.78, 5) is 0. The first kappa shape index (κ1) is 16.0. The van der Waals surface area contributed by atoms with Crippen molar-refractivity contribution in [3.8, 4) is 0 Å². The fourth-order valence-corrected chi connectivity index (χ4v) is 4.44. The zero-order chi connectivity index (χ0) is 13.3. The van der Waals surface area contributed by atoms with Crippen LogP contribution in [0.25, 0.3) is 0 Å². The Morgan fingerprint density at radius 3 is 2.00 bits per heavy atom. The highest BCUT2D eigenvalue weighted by molar-refractivity contribution is 8.18. The summed E-state index contributed by atoms with van der Waals surface area (Å²) >= 11 is 4.29. The predicted octanol–water partition coefficient (Wildman–Crippen LogP) is 5.62. The largest absolute Gasteiger partial charge is 0.145 e. The van der Waals surface area contributed by atoms with E-state index < -0.39 is 0 Å². The van der Waals surface area contributed by atoms with Crippen LogP contribution in [0, 0.1) is 0 Å². The highest BCUT2D eigenvalue weighted by Gasteiger charge is 2.24. The van der Waals surface area contributed by atoms with Crippen LogP contribution in [0.1, 0.15) is 45.6 Å². The Bertz CT molecular complexity index is 300. The highest BCUT2D eigenvalue weighted by Crippen LogP contribution is 2.41. The third-order valence-corrected chi connectivity index (χ3v) is 6.50. The van der Waals surface area contributed by atoms with Gasteiger partial charge >= 0.3 is 0 Å². The van der Waals surface area contributed by atoms with Gasteiger partial charge in [-0.15, -0.1) is 23.5 Å². The molecular formula is C16H26S2. The molecule has 0 aliphatic carbocycles. The molecule has 0 N–H and O–H groups in total. The molecule has 0 atom stereocenters. The second-order valence-electron chi connectivity index (χ2n) is 4.82. The van der Waals surface area contributed by atoms with Crippen LogP contribution in [-0.2, 0) is 6.42 Å². The van der Waals surface area contributed by atoms with Gasteiger partial charge in [-0.2, -0.15) is 0 Å². The van der Waals surface area contributed by atoms with Crippen LogP contribution < -0.4 is 0 Å². The van der Waals surface area contributed by atoms with Gasteiger partial charge in [0.25, 0.3) is 0 Å². The Kier molecular flexibility index (Phi) is 7.92. The molecule has 102 valence electrons. The van der Waals surface area contributed by atoms with Gasteiger partial charge in [0.1, 0.15) is 0 Å². The first-order chi connectivity index (χ1) is 8.70. The van der Waals surface area contributed by atoms with Gasteiger partial charge < -0.3 is 0 Å². The van der Waals surface area contributed by atoms with Crippen molar-refractivity contribution in [2.45, 2.75) is 50.5 Å². The van der Waals surface area contributed by atoms with Crippen molar-refractivity contribution >= 4 is 23.5 Å². The molecule has 0 amide bonds. The maximum absolute atomic E-state index is 2.43. The fourth-order valence-electron chi connectivity index (χ4n) is 1.84. The molecule has 0 bridgehead atoms. The summed E-state index contributed by atoms with van der Waals surface area (Å²) in [5.74, 6) is 2.56. The minimum Gasteiger partial charge on any atom is -0.145 e. The summed E-state index contributed by atoms with van der Waals surface area (Å²) < 4.78 is 0.391. The smallest absolute Gasteiger partial charge is 0.0586 e. The van der Waals surface area contributed by atoms with Crippen molar-refractivity contribution < 1.29 is 0 Å². The molecule has 0 aliphatic heterocycles. The molecule has 1 aromatic carbocycles. The summed E-state index contributed by atoms with van der Waals surface area (Å²) in [6.45, 7) is 6.97. The molecule has 0 saturated carbocycles. The van der Waals surface area contributed by atoms with Crippen LogP contribution >= 0.6 is 23.5 Å². The number of hydrogen-bond acceptors (Lipinski definition) is 2. The average Bonchev–Trinajstić information content (AvgIpc) is 2.42. The molecule has 0 radical (unpaired) electrons. The lowest BCUT2D eigenvalue weighted by Gasteiger charge is -2.28. The van der Waals surface area contributed by atoms with Crippen molar-refractivity contribution in [1.29, 1.82) is 0 Å². The molecule has 1 rings (SSSR count). The Morgan fingerprint density at radius 1 is 0.944 bits per heavy atom. The van der Waals surface area contributed by atoms with Gasteiger partial charge in [-0.05, 0) is 49.7 Å². The molecule has 18 heavy (non-hydrogen) atoms. The number of benzene rings is 1. The van der Waals surface area contributed by atoms with Crippen molar-refractivity contribution in [2.75, 3.05) is 11.5 Å². The highest BCUT2D eigenvalue weighted by atomic mass is 32.2. The van der Waals surface area contributed by atoms with E-state index in [0.717, 1.165) is 0 Å². The van der Waals surface area contributed by atoms with E-state index in [0.29, 0.717) is 4.08 Å². The van der Waals surface area contributed by atoms with Gasteiger partial charge in [0, 0.05) is 0 Å². The second kappa shape index (κ2) is 8.92. The van der Waals surface area contributed by atoms with Crippen LogP contribution in [0.5, 0.6) is 0 Å². The zero-order valence-electron chi connectivity index (χ0n) is 11.9. The summed E-state index contributed by atoms with van der Waals surface area (Å²) in [6, 6.07) is 10.9. The van der Waals surface area contributed by atoms with Gasteiger partial charge in [-0.25, -0.2) is 0 Å². The summed E-state index contributed by atoms with van der Waals surface area (Å²) in [5.41, 5.74) is 1.47. The Hall–Kier alpha value is -0.0800. The lowest BCUT2D eigenvalue weighted by molar-refractivity contribution is 0.764. The number of hydrogen-bond donors (Lipinski definition) is 0. The first-order valence-electron chi connectivity index (χ1n) is 7.02. The van der Waals surface area contributed by atoms with E-state index in [9.17, 15) is 0 Å². The van der Waals surface area contributed by atoms with Gasteiger partial charge in [-0.3, -0.25) is 0 Å². The third-order valence-electron chi connectivity index (χ3n) is 2.93. The summed E-state index contributed by atoms with van der Waals surface area (Å²) in [7, 11) is 0. The van der Waals surface area contributed by atoms with Crippen LogP contribution in [-0.4, -0.2) is 15.6 Å². The number of thioether (sulfide) groups is 2. The first-order valence-corrected chi connectivity index (χ1v) is 8.99. The van der Waals surface area contributed by atoms with Gasteiger partial charge in [0.15, 0.2) is 0 Å². The van der Waals surface area contributed by atoms with E-state index in [1.807, 2.05) is 0 Å².